The van der Waals surface area contributed by atoms with Crippen molar-refractivity contribution in [2.45, 2.75) is 38.6 Å². The van der Waals surface area contributed by atoms with Gasteiger partial charge in [0.1, 0.15) is 5.82 Å². The molecule has 0 aliphatic rings. The van der Waals surface area contributed by atoms with E-state index >= 15 is 0 Å². The van der Waals surface area contributed by atoms with Crippen LogP contribution in [0.25, 0.3) is 11.0 Å². The molecule has 110 valence electrons. The lowest BCUT2D eigenvalue weighted by Crippen LogP contribution is -2.31. The fourth-order valence-electron chi connectivity index (χ4n) is 2.07. The van der Waals surface area contributed by atoms with Gasteiger partial charge >= 0.3 is 6.18 Å². The zero-order valence-corrected chi connectivity index (χ0v) is 11.5. The lowest BCUT2D eigenvalue weighted by Gasteiger charge is -2.15. The molecule has 0 spiro atoms. The number of imidazole rings is 1. The average Bonchev–Trinajstić information content (AvgIpc) is 2.66. The second-order valence-electron chi connectivity index (χ2n) is 4.57. The first-order valence-electron chi connectivity index (χ1n) is 6.22. The third-order valence-electron chi connectivity index (χ3n) is 2.99. The number of aliphatic hydroxyl groups is 1. The summed E-state index contributed by atoms with van der Waals surface area (Å²) in [5.74, 6) is 0.217. The summed E-state index contributed by atoms with van der Waals surface area (Å²) in [7, 11) is 0. The number of aliphatic hydroxyl groups excluding tert-OH is 1. The molecule has 1 aromatic carbocycles. The van der Waals surface area contributed by atoms with Crippen LogP contribution < -0.4 is 0 Å². The number of hydrogen-bond donors (Lipinski definition) is 1. The molecule has 2 rings (SSSR count). The Hall–Kier alpha value is -1.27. The van der Waals surface area contributed by atoms with E-state index in [2.05, 4.69) is 4.98 Å². The molecular weight excluding hydrogens is 293 g/mol. The lowest BCUT2D eigenvalue weighted by atomic mass is 10.2. The Bertz CT molecular complexity index is 609. The van der Waals surface area contributed by atoms with Crippen LogP contribution >= 0.6 is 11.6 Å². The van der Waals surface area contributed by atoms with E-state index < -0.39 is 18.7 Å². The minimum Gasteiger partial charge on any atom is -0.383 e. The summed E-state index contributed by atoms with van der Waals surface area (Å²) >= 11 is 5.86. The topological polar surface area (TPSA) is 38.0 Å². The summed E-state index contributed by atoms with van der Waals surface area (Å²) in [6.07, 6.45) is -6.86. The fourth-order valence-corrected chi connectivity index (χ4v) is 2.24. The Balaban J connectivity index is 2.43. The number of rotatable bonds is 4. The normalized spacial score (nSPS) is 13.9. The molecule has 1 heterocycles. The number of fused-ring (bicyclic) bond motifs is 1. The van der Waals surface area contributed by atoms with Gasteiger partial charge in [-0.3, -0.25) is 0 Å². The Morgan fingerprint density at radius 2 is 2.10 bits per heavy atom. The quantitative estimate of drug-likeness (QED) is 0.938. The predicted molar refractivity (Wildman–Crippen MR) is 70.8 cm³/mol. The van der Waals surface area contributed by atoms with Crippen LogP contribution in [0.1, 0.15) is 19.2 Å². The Morgan fingerprint density at radius 1 is 1.40 bits per heavy atom. The van der Waals surface area contributed by atoms with Gasteiger partial charge < -0.3 is 9.67 Å². The number of halogens is 4. The van der Waals surface area contributed by atoms with Crippen molar-refractivity contribution in [3.8, 4) is 0 Å². The number of hydrogen-bond acceptors (Lipinski definition) is 2. The van der Waals surface area contributed by atoms with Crippen LogP contribution in [0.2, 0.25) is 5.02 Å². The van der Waals surface area contributed by atoms with Crippen molar-refractivity contribution in [3.63, 3.8) is 0 Å². The summed E-state index contributed by atoms with van der Waals surface area (Å²) in [6, 6.07) is 5.00. The summed E-state index contributed by atoms with van der Waals surface area (Å²) in [4.78, 5) is 4.16. The smallest absolute Gasteiger partial charge is 0.383 e. The van der Waals surface area contributed by atoms with Gasteiger partial charge in [0.15, 0.2) is 6.10 Å². The first-order valence-corrected chi connectivity index (χ1v) is 6.60. The summed E-state index contributed by atoms with van der Waals surface area (Å²) in [6.45, 7) is 2.46. The van der Waals surface area contributed by atoms with Gasteiger partial charge in [-0.15, -0.1) is 0 Å². The highest BCUT2D eigenvalue weighted by Crippen LogP contribution is 2.26. The van der Waals surface area contributed by atoms with Gasteiger partial charge in [0.25, 0.3) is 0 Å². The molecule has 1 aromatic heterocycles. The first-order chi connectivity index (χ1) is 9.32. The highest BCUT2D eigenvalue weighted by atomic mass is 35.5. The van der Waals surface area contributed by atoms with Gasteiger partial charge in [-0.1, -0.05) is 18.5 Å². The van der Waals surface area contributed by atoms with Gasteiger partial charge in [0.2, 0.25) is 0 Å². The van der Waals surface area contributed by atoms with Crippen molar-refractivity contribution in [3.05, 3.63) is 29.0 Å². The Labute approximate surface area is 119 Å². The molecule has 0 saturated carbocycles. The molecular formula is C13H14ClF3N2O. The molecule has 0 aliphatic carbocycles. The fraction of sp³-hybridized carbons (Fsp3) is 0.462. The van der Waals surface area contributed by atoms with E-state index in [9.17, 15) is 18.3 Å². The van der Waals surface area contributed by atoms with E-state index in [-0.39, 0.29) is 5.82 Å². The van der Waals surface area contributed by atoms with E-state index in [1.54, 1.807) is 22.8 Å². The van der Waals surface area contributed by atoms with Crippen molar-refractivity contribution < 1.29 is 18.3 Å². The van der Waals surface area contributed by atoms with E-state index in [0.29, 0.717) is 17.1 Å². The van der Waals surface area contributed by atoms with E-state index in [1.807, 2.05) is 6.92 Å². The minimum absolute atomic E-state index is 0.217. The van der Waals surface area contributed by atoms with Gasteiger partial charge in [0, 0.05) is 18.0 Å². The molecule has 7 heteroatoms. The van der Waals surface area contributed by atoms with E-state index in [0.717, 1.165) is 11.9 Å². The maximum atomic E-state index is 12.5. The van der Waals surface area contributed by atoms with Gasteiger partial charge in [-0.2, -0.15) is 13.2 Å². The third-order valence-corrected chi connectivity index (χ3v) is 3.23. The zero-order valence-electron chi connectivity index (χ0n) is 10.8. The van der Waals surface area contributed by atoms with Crippen molar-refractivity contribution in [2.75, 3.05) is 0 Å². The first kappa shape index (κ1) is 15.1. The largest absolute Gasteiger partial charge is 0.414 e. The number of alkyl halides is 3. The SMILES string of the molecule is CCCn1c(CC(O)C(F)(F)F)nc2cc(Cl)ccc21. The molecule has 0 aliphatic heterocycles. The minimum atomic E-state index is -4.65. The monoisotopic (exact) mass is 306 g/mol. The maximum absolute atomic E-state index is 12.5. The second-order valence-corrected chi connectivity index (χ2v) is 5.01. The van der Waals surface area contributed by atoms with Crippen molar-refractivity contribution >= 4 is 22.6 Å². The standard InChI is InChI=1S/C13H14ClF3N2O/c1-2-5-19-10-4-3-8(14)6-9(10)18-12(19)7-11(20)13(15,16)17/h3-4,6,11,20H,2,5,7H2,1H3. The van der Waals surface area contributed by atoms with Gasteiger partial charge in [-0.05, 0) is 24.6 Å². The van der Waals surface area contributed by atoms with Crippen LogP contribution in [0.5, 0.6) is 0 Å². The molecule has 0 amide bonds. The molecule has 1 unspecified atom stereocenters. The summed E-state index contributed by atoms with van der Waals surface area (Å²) in [5, 5.41) is 9.68. The summed E-state index contributed by atoms with van der Waals surface area (Å²) < 4.78 is 39.1. The number of aromatic nitrogens is 2. The van der Waals surface area contributed by atoms with Gasteiger partial charge in [0.05, 0.1) is 11.0 Å². The van der Waals surface area contributed by atoms with Crippen LogP contribution in [0, 0.1) is 0 Å². The average molecular weight is 307 g/mol. The predicted octanol–water partition coefficient (Wildman–Crippen LogP) is 3.57. The number of aryl methyl sites for hydroxylation is 1. The van der Waals surface area contributed by atoms with E-state index in [1.165, 1.54) is 0 Å². The molecule has 20 heavy (non-hydrogen) atoms. The van der Waals surface area contributed by atoms with Crippen LogP contribution in [0.3, 0.4) is 0 Å². The second kappa shape index (κ2) is 5.61. The van der Waals surface area contributed by atoms with Crippen LogP contribution in [-0.4, -0.2) is 26.9 Å². The number of benzene rings is 1. The third kappa shape index (κ3) is 3.07. The van der Waals surface area contributed by atoms with Crippen LogP contribution in [-0.2, 0) is 13.0 Å². The van der Waals surface area contributed by atoms with E-state index in [4.69, 9.17) is 11.6 Å². The summed E-state index contributed by atoms with van der Waals surface area (Å²) in [5.41, 5.74) is 1.26. The maximum Gasteiger partial charge on any atom is 0.414 e. The Morgan fingerprint density at radius 3 is 2.70 bits per heavy atom. The molecule has 3 nitrogen and oxygen atoms in total. The molecule has 0 fully saturated rings. The molecule has 0 radical (unpaired) electrons. The number of nitrogens with zero attached hydrogens (tertiary/aromatic N) is 2. The van der Waals surface area contributed by atoms with Crippen LogP contribution in [0.15, 0.2) is 18.2 Å². The molecule has 0 saturated heterocycles. The molecule has 0 bridgehead atoms. The zero-order chi connectivity index (χ0) is 14.9. The molecule has 1 atom stereocenters. The molecule has 2 aromatic rings. The lowest BCUT2D eigenvalue weighted by molar-refractivity contribution is -0.203. The van der Waals surface area contributed by atoms with Gasteiger partial charge in [-0.25, -0.2) is 4.98 Å². The van der Waals surface area contributed by atoms with Crippen molar-refractivity contribution in [2.24, 2.45) is 0 Å². The van der Waals surface area contributed by atoms with Crippen molar-refractivity contribution in [1.82, 2.24) is 9.55 Å². The highest BCUT2D eigenvalue weighted by Gasteiger charge is 2.39. The molecule has 1 N–H and O–H groups in total. The Kier molecular flexibility index (Phi) is 4.25. The highest BCUT2D eigenvalue weighted by molar-refractivity contribution is 6.31. The van der Waals surface area contributed by atoms with Crippen molar-refractivity contribution in [1.29, 1.82) is 0 Å². The van der Waals surface area contributed by atoms with Crippen LogP contribution in [0.4, 0.5) is 13.2 Å².